The summed E-state index contributed by atoms with van der Waals surface area (Å²) in [5.74, 6) is 1.55. The van der Waals surface area contributed by atoms with Gasteiger partial charge in [-0.15, -0.1) is 0 Å². The SMILES string of the molecule is COc1ccc(-c2c(Br)c(C)nn2-c2cc(OC)c(OC)c(OC)c2)cc1[N+](=O)[O-]. The van der Waals surface area contributed by atoms with E-state index in [1.807, 2.05) is 6.92 Å². The third-order valence-corrected chi connectivity index (χ3v) is 5.48. The van der Waals surface area contributed by atoms with Gasteiger partial charge in [0.2, 0.25) is 5.75 Å². The lowest BCUT2D eigenvalue weighted by atomic mass is 10.1. The smallest absolute Gasteiger partial charge is 0.311 e. The first-order chi connectivity index (χ1) is 14.4. The molecule has 1 heterocycles. The lowest BCUT2D eigenvalue weighted by Crippen LogP contribution is -2.03. The van der Waals surface area contributed by atoms with Crippen molar-refractivity contribution in [2.75, 3.05) is 28.4 Å². The van der Waals surface area contributed by atoms with Crippen molar-refractivity contribution in [3.8, 4) is 39.9 Å². The fourth-order valence-electron chi connectivity index (χ4n) is 3.11. The van der Waals surface area contributed by atoms with Crippen LogP contribution in [0.4, 0.5) is 5.69 Å². The van der Waals surface area contributed by atoms with E-state index in [4.69, 9.17) is 18.9 Å². The van der Waals surface area contributed by atoms with Crippen molar-refractivity contribution in [1.29, 1.82) is 0 Å². The average Bonchev–Trinajstić information content (AvgIpc) is 3.06. The largest absolute Gasteiger partial charge is 0.493 e. The van der Waals surface area contributed by atoms with E-state index in [9.17, 15) is 10.1 Å². The molecule has 0 radical (unpaired) electrons. The Morgan fingerprint density at radius 1 is 0.967 bits per heavy atom. The van der Waals surface area contributed by atoms with Crippen LogP contribution in [0.1, 0.15) is 5.69 Å². The van der Waals surface area contributed by atoms with E-state index in [1.165, 1.54) is 34.5 Å². The van der Waals surface area contributed by atoms with Gasteiger partial charge in [-0.2, -0.15) is 5.10 Å². The zero-order valence-corrected chi connectivity index (χ0v) is 18.6. The third kappa shape index (κ3) is 3.65. The van der Waals surface area contributed by atoms with Crippen molar-refractivity contribution in [1.82, 2.24) is 9.78 Å². The Bertz CT molecular complexity index is 1090. The number of hydrogen-bond donors (Lipinski definition) is 0. The second-order valence-corrected chi connectivity index (χ2v) is 6.98. The van der Waals surface area contributed by atoms with Gasteiger partial charge in [0.05, 0.1) is 54.9 Å². The molecule has 0 spiro atoms. The summed E-state index contributed by atoms with van der Waals surface area (Å²) in [7, 11) is 5.97. The predicted octanol–water partition coefficient (Wildman–Crippen LogP) is 4.55. The molecule has 3 rings (SSSR count). The van der Waals surface area contributed by atoms with Crippen molar-refractivity contribution >= 4 is 21.6 Å². The molecule has 2 aromatic carbocycles. The third-order valence-electron chi connectivity index (χ3n) is 4.53. The van der Waals surface area contributed by atoms with Gasteiger partial charge in [-0.25, -0.2) is 4.68 Å². The number of methoxy groups -OCH3 is 4. The number of nitro benzene ring substituents is 1. The normalized spacial score (nSPS) is 10.6. The van der Waals surface area contributed by atoms with Crippen LogP contribution in [0.25, 0.3) is 16.9 Å². The number of hydrogen-bond acceptors (Lipinski definition) is 7. The average molecular weight is 478 g/mol. The molecule has 9 nitrogen and oxygen atoms in total. The van der Waals surface area contributed by atoms with Crippen molar-refractivity contribution in [3.05, 3.63) is 50.6 Å². The number of rotatable bonds is 7. The standard InChI is InChI=1S/C20H20BrN3O6/c1-11-18(21)19(12-6-7-15(27-2)14(8-12)24(25)26)23(22-11)13-9-16(28-3)20(30-5)17(10-13)29-4/h6-10H,1-5H3. The van der Waals surface area contributed by atoms with Gasteiger partial charge >= 0.3 is 5.69 Å². The Morgan fingerprint density at radius 3 is 2.07 bits per heavy atom. The summed E-state index contributed by atoms with van der Waals surface area (Å²) in [6.07, 6.45) is 0. The molecule has 0 atom stereocenters. The molecule has 0 bridgehead atoms. The molecule has 0 amide bonds. The Balaban J connectivity index is 2.28. The first-order valence-corrected chi connectivity index (χ1v) is 9.53. The Morgan fingerprint density at radius 2 is 1.57 bits per heavy atom. The fourth-order valence-corrected chi connectivity index (χ4v) is 3.59. The number of aromatic nitrogens is 2. The molecule has 1 aromatic heterocycles. The summed E-state index contributed by atoms with van der Waals surface area (Å²) in [5.41, 5.74) is 2.41. The van der Waals surface area contributed by atoms with Gasteiger partial charge in [0.1, 0.15) is 0 Å². The highest BCUT2D eigenvalue weighted by Gasteiger charge is 2.23. The maximum Gasteiger partial charge on any atom is 0.311 e. The Hall–Kier alpha value is -3.27. The summed E-state index contributed by atoms with van der Waals surface area (Å²) >= 11 is 3.56. The van der Waals surface area contributed by atoms with Crippen LogP contribution in [-0.4, -0.2) is 43.1 Å². The number of nitrogens with zero attached hydrogens (tertiary/aromatic N) is 3. The monoisotopic (exact) mass is 477 g/mol. The first-order valence-electron chi connectivity index (χ1n) is 8.74. The molecular formula is C20H20BrN3O6. The molecule has 0 aliphatic rings. The lowest BCUT2D eigenvalue weighted by Gasteiger charge is -2.15. The highest BCUT2D eigenvalue weighted by atomic mass is 79.9. The molecule has 0 fully saturated rings. The fraction of sp³-hybridized carbons (Fsp3) is 0.250. The number of ether oxygens (including phenoxy) is 4. The molecule has 158 valence electrons. The van der Waals surface area contributed by atoms with Crippen LogP contribution in [0.3, 0.4) is 0 Å². The number of aryl methyl sites for hydroxylation is 1. The topological polar surface area (TPSA) is 97.9 Å². The quantitative estimate of drug-likeness (QED) is 0.363. The lowest BCUT2D eigenvalue weighted by molar-refractivity contribution is -0.385. The van der Waals surface area contributed by atoms with E-state index in [2.05, 4.69) is 21.0 Å². The maximum atomic E-state index is 11.5. The summed E-state index contributed by atoms with van der Waals surface area (Å²) in [4.78, 5) is 11.0. The summed E-state index contributed by atoms with van der Waals surface area (Å²) in [6, 6.07) is 8.25. The van der Waals surface area contributed by atoms with Gasteiger partial charge in [0.25, 0.3) is 0 Å². The van der Waals surface area contributed by atoms with Gasteiger partial charge in [-0.05, 0) is 35.0 Å². The first kappa shape index (κ1) is 21.4. The number of halogens is 1. The van der Waals surface area contributed by atoms with Crippen LogP contribution in [0, 0.1) is 17.0 Å². The molecule has 0 unspecified atom stereocenters. The van der Waals surface area contributed by atoms with Gasteiger partial charge in [0.15, 0.2) is 17.2 Å². The zero-order chi connectivity index (χ0) is 22.0. The minimum absolute atomic E-state index is 0.141. The van der Waals surface area contributed by atoms with E-state index in [0.717, 1.165) is 0 Å². The summed E-state index contributed by atoms with van der Waals surface area (Å²) in [6.45, 7) is 1.83. The molecule has 30 heavy (non-hydrogen) atoms. The highest BCUT2D eigenvalue weighted by molar-refractivity contribution is 9.10. The van der Waals surface area contributed by atoms with E-state index in [1.54, 1.807) is 28.9 Å². The number of nitro groups is 1. The van der Waals surface area contributed by atoms with E-state index in [0.29, 0.717) is 44.4 Å². The van der Waals surface area contributed by atoms with Crippen molar-refractivity contribution in [2.24, 2.45) is 0 Å². The molecule has 0 saturated carbocycles. The molecule has 10 heteroatoms. The molecular weight excluding hydrogens is 458 g/mol. The van der Waals surface area contributed by atoms with E-state index in [-0.39, 0.29) is 11.4 Å². The second-order valence-electron chi connectivity index (χ2n) is 6.19. The molecule has 0 N–H and O–H groups in total. The Kier molecular flexibility index (Phi) is 6.16. The molecule has 0 aliphatic heterocycles. The zero-order valence-electron chi connectivity index (χ0n) is 17.1. The van der Waals surface area contributed by atoms with Crippen LogP contribution >= 0.6 is 15.9 Å². The van der Waals surface area contributed by atoms with Crippen molar-refractivity contribution in [3.63, 3.8) is 0 Å². The van der Waals surface area contributed by atoms with Crippen molar-refractivity contribution in [2.45, 2.75) is 6.92 Å². The van der Waals surface area contributed by atoms with Gasteiger partial charge in [0, 0.05) is 23.8 Å². The van der Waals surface area contributed by atoms with Gasteiger partial charge in [-0.1, -0.05) is 0 Å². The molecule has 0 aliphatic carbocycles. The molecule has 0 saturated heterocycles. The van der Waals surface area contributed by atoms with Crippen molar-refractivity contribution < 1.29 is 23.9 Å². The molecule has 3 aromatic rings. The summed E-state index contributed by atoms with van der Waals surface area (Å²) in [5, 5.41) is 16.1. The van der Waals surface area contributed by atoms with Crippen LogP contribution in [-0.2, 0) is 0 Å². The Labute approximate surface area is 181 Å². The van der Waals surface area contributed by atoms with Crippen LogP contribution in [0.5, 0.6) is 23.0 Å². The van der Waals surface area contributed by atoms with Gasteiger partial charge in [-0.3, -0.25) is 10.1 Å². The number of benzene rings is 2. The summed E-state index contributed by atoms with van der Waals surface area (Å²) < 4.78 is 23.7. The highest BCUT2D eigenvalue weighted by Crippen LogP contribution is 2.42. The van der Waals surface area contributed by atoms with E-state index < -0.39 is 4.92 Å². The van der Waals surface area contributed by atoms with Gasteiger partial charge < -0.3 is 18.9 Å². The minimum atomic E-state index is -0.483. The minimum Gasteiger partial charge on any atom is -0.493 e. The van der Waals surface area contributed by atoms with Crippen LogP contribution in [0.15, 0.2) is 34.8 Å². The maximum absolute atomic E-state index is 11.5. The second kappa shape index (κ2) is 8.62. The van der Waals surface area contributed by atoms with Crippen LogP contribution in [0.2, 0.25) is 0 Å². The van der Waals surface area contributed by atoms with E-state index >= 15 is 0 Å². The predicted molar refractivity (Wildman–Crippen MR) is 114 cm³/mol. The van der Waals surface area contributed by atoms with Crippen LogP contribution < -0.4 is 18.9 Å².